The lowest BCUT2D eigenvalue weighted by atomic mass is 9.89. The SMILES string of the molecule is Cc1nc(O[C@H]2CC[C@H](C)CC2)c2nc(C)sc2n1. The van der Waals surface area contributed by atoms with Crippen LogP contribution < -0.4 is 4.74 Å². The highest BCUT2D eigenvalue weighted by Gasteiger charge is 2.22. The quantitative estimate of drug-likeness (QED) is 0.840. The highest BCUT2D eigenvalue weighted by Crippen LogP contribution is 2.31. The molecule has 0 atom stereocenters. The van der Waals surface area contributed by atoms with E-state index in [0.29, 0.717) is 5.88 Å². The molecular weight excluding hydrogens is 258 g/mol. The third-order valence-corrected chi connectivity index (χ3v) is 4.55. The van der Waals surface area contributed by atoms with E-state index in [0.717, 1.165) is 39.9 Å². The second kappa shape index (κ2) is 5.04. The van der Waals surface area contributed by atoms with Crippen molar-refractivity contribution in [1.82, 2.24) is 15.0 Å². The summed E-state index contributed by atoms with van der Waals surface area (Å²) in [5.74, 6) is 2.26. The lowest BCUT2D eigenvalue weighted by Gasteiger charge is -2.26. The normalized spacial score (nSPS) is 23.7. The minimum absolute atomic E-state index is 0.288. The van der Waals surface area contributed by atoms with Gasteiger partial charge in [0.1, 0.15) is 11.9 Å². The minimum atomic E-state index is 0.288. The van der Waals surface area contributed by atoms with Gasteiger partial charge in [0, 0.05) is 0 Å². The van der Waals surface area contributed by atoms with Gasteiger partial charge in [-0.3, -0.25) is 0 Å². The van der Waals surface area contributed by atoms with Crippen molar-refractivity contribution in [2.24, 2.45) is 5.92 Å². The zero-order valence-corrected chi connectivity index (χ0v) is 12.5. The van der Waals surface area contributed by atoms with E-state index in [9.17, 15) is 0 Å². The van der Waals surface area contributed by atoms with Gasteiger partial charge in [0.15, 0.2) is 10.3 Å². The van der Waals surface area contributed by atoms with Crippen molar-refractivity contribution in [2.75, 3.05) is 0 Å². The summed E-state index contributed by atoms with van der Waals surface area (Å²) in [5.41, 5.74) is 0.826. The zero-order chi connectivity index (χ0) is 13.4. The number of hydrogen-bond acceptors (Lipinski definition) is 5. The van der Waals surface area contributed by atoms with E-state index in [1.807, 2.05) is 13.8 Å². The number of nitrogens with zero attached hydrogens (tertiary/aromatic N) is 3. The van der Waals surface area contributed by atoms with Crippen LogP contribution in [0.3, 0.4) is 0 Å². The molecule has 4 nitrogen and oxygen atoms in total. The number of fused-ring (bicyclic) bond motifs is 1. The molecule has 0 unspecified atom stereocenters. The third-order valence-electron chi connectivity index (χ3n) is 3.69. The first-order valence-electron chi connectivity index (χ1n) is 6.90. The Kier molecular flexibility index (Phi) is 3.39. The van der Waals surface area contributed by atoms with E-state index in [-0.39, 0.29) is 6.10 Å². The Morgan fingerprint density at radius 3 is 2.53 bits per heavy atom. The summed E-state index contributed by atoms with van der Waals surface area (Å²) in [6, 6.07) is 0. The van der Waals surface area contributed by atoms with Crippen molar-refractivity contribution >= 4 is 21.7 Å². The van der Waals surface area contributed by atoms with Gasteiger partial charge in [-0.25, -0.2) is 9.97 Å². The molecule has 5 heteroatoms. The standard InChI is InChI=1S/C14H19N3OS/c1-8-4-6-11(7-5-8)18-13-12-14(16-9(2)15-13)19-10(3)17-12/h8,11H,4-7H2,1-3H3/t8-,11-. The predicted molar refractivity (Wildman–Crippen MR) is 76.7 cm³/mol. The lowest BCUT2D eigenvalue weighted by Crippen LogP contribution is -2.23. The number of ether oxygens (including phenoxy) is 1. The van der Waals surface area contributed by atoms with Gasteiger partial charge >= 0.3 is 0 Å². The monoisotopic (exact) mass is 277 g/mol. The van der Waals surface area contributed by atoms with Crippen LogP contribution in [0.5, 0.6) is 5.88 Å². The van der Waals surface area contributed by atoms with Crippen LogP contribution in [0.25, 0.3) is 10.3 Å². The molecule has 1 aliphatic carbocycles. The molecule has 1 fully saturated rings. The van der Waals surface area contributed by atoms with Crippen molar-refractivity contribution in [1.29, 1.82) is 0 Å². The summed E-state index contributed by atoms with van der Waals surface area (Å²) in [7, 11) is 0. The van der Waals surface area contributed by atoms with E-state index in [4.69, 9.17) is 4.74 Å². The number of thiazole rings is 1. The Bertz CT molecular complexity index is 588. The summed E-state index contributed by atoms with van der Waals surface area (Å²) < 4.78 is 6.10. The maximum absolute atomic E-state index is 6.10. The van der Waals surface area contributed by atoms with Gasteiger partial charge in [0.2, 0.25) is 5.88 Å². The number of rotatable bonds is 2. The Morgan fingerprint density at radius 1 is 1.05 bits per heavy atom. The molecule has 0 bridgehead atoms. The molecule has 1 aliphatic rings. The van der Waals surface area contributed by atoms with E-state index >= 15 is 0 Å². The third kappa shape index (κ3) is 2.71. The molecule has 0 radical (unpaired) electrons. The molecule has 2 aromatic rings. The summed E-state index contributed by atoms with van der Waals surface area (Å²) in [6.45, 7) is 6.21. The summed E-state index contributed by atoms with van der Waals surface area (Å²) in [6.07, 6.45) is 5.02. The Hall–Kier alpha value is -1.23. The van der Waals surface area contributed by atoms with E-state index in [2.05, 4.69) is 21.9 Å². The van der Waals surface area contributed by atoms with Crippen LogP contribution in [0.4, 0.5) is 0 Å². The zero-order valence-electron chi connectivity index (χ0n) is 11.6. The number of aromatic nitrogens is 3. The molecule has 0 spiro atoms. The Labute approximate surface area is 117 Å². The summed E-state index contributed by atoms with van der Waals surface area (Å²) >= 11 is 1.60. The Morgan fingerprint density at radius 2 is 1.79 bits per heavy atom. The fraction of sp³-hybridized carbons (Fsp3) is 0.643. The van der Waals surface area contributed by atoms with Crippen LogP contribution in [0.2, 0.25) is 0 Å². The van der Waals surface area contributed by atoms with Crippen molar-refractivity contribution < 1.29 is 4.74 Å². The van der Waals surface area contributed by atoms with Gasteiger partial charge < -0.3 is 4.74 Å². The molecule has 19 heavy (non-hydrogen) atoms. The average molecular weight is 277 g/mol. The molecule has 0 N–H and O–H groups in total. The highest BCUT2D eigenvalue weighted by atomic mass is 32.1. The van der Waals surface area contributed by atoms with Gasteiger partial charge in [-0.05, 0) is 45.4 Å². The van der Waals surface area contributed by atoms with Gasteiger partial charge in [-0.1, -0.05) is 18.3 Å². The van der Waals surface area contributed by atoms with Gasteiger partial charge in [0.05, 0.1) is 5.01 Å². The first-order valence-corrected chi connectivity index (χ1v) is 7.72. The lowest BCUT2D eigenvalue weighted by molar-refractivity contribution is 0.131. The largest absolute Gasteiger partial charge is 0.473 e. The van der Waals surface area contributed by atoms with Crippen LogP contribution in [-0.2, 0) is 0 Å². The number of aryl methyl sites for hydroxylation is 2. The van der Waals surface area contributed by atoms with Gasteiger partial charge in [0.25, 0.3) is 0 Å². The molecule has 0 aliphatic heterocycles. The highest BCUT2D eigenvalue weighted by molar-refractivity contribution is 7.18. The molecule has 3 rings (SSSR count). The predicted octanol–water partition coefficient (Wildman–Crippen LogP) is 3.66. The summed E-state index contributed by atoms with van der Waals surface area (Å²) in [4.78, 5) is 14.3. The maximum atomic E-state index is 6.10. The van der Waals surface area contributed by atoms with Crippen LogP contribution >= 0.6 is 11.3 Å². The second-order valence-corrected chi connectivity index (χ2v) is 6.64. The molecule has 102 valence electrons. The fourth-order valence-corrected chi connectivity index (χ4v) is 3.41. The fourth-order valence-electron chi connectivity index (χ4n) is 2.59. The van der Waals surface area contributed by atoms with Crippen LogP contribution in [0.1, 0.15) is 43.4 Å². The van der Waals surface area contributed by atoms with Crippen LogP contribution in [0.15, 0.2) is 0 Å². The van der Waals surface area contributed by atoms with Gasteiger partial charge in [-0.15, -0.1) is 0 Å². The topological polar surface area (TPSA) is 47.9 Å². The molecule has 1 saturated carbocycles. The van der Waals surface area contributed by atoms with Crippen molar-refractivity contribution in [3.8, 4) is 5.88 Å². The van der Waals surface area contributed by atoms with Crippen LogP contribution in [-0.4, -0.2) is 21.1 Å². The van der Waals surface area contributed by atoms with Crippen molar-refractivity contribution in [2.45, 2.75) is 52.6 Å². The first kappa shape index (κ1) is 12.8. The first-order chi connectivity index (χ1) is 9.11. The minimum Gasteiger partial charge on any atom is -0.473 e. The van der Waals surface area contributed by atoms with Crippen molar-refractivity contribution in [3.05, 3.63) is 10.8 Å². The second-order valence-electron chi connectivity index (χ2n) is 5.46. The summed E-state index contributed by atoms with van der Waals surface area (Å²) in [5, 5.41) is 1.01. The van der Waals surface area contributed by atoms with Gasteiger partial charge in [-0.2, -0.15) is 4.98 Å². The van der Waals surface area contributed by atoms with E-state index in [1.54, 1.807) is 11.3 Å². The molecule has 0 amide bonds. The number of hydrogen-bond donors (Lipinski definition) is 0. The average Bonchev–Trinajstić information content (AvgIpc) is 2.72. The Balaban J connectivity index is 1.87. The smallest absolute Gasteiger partial charge is 0.245 e. The molecule has 0 saturated heterocycles. The molecule has 2 aromatic heterocycles. The molecular formula is C14H19N3OS. The van der Waals surface area contributed by atoms with Crippen molar-refractivity contribution in [3.63, 3.8) is 0 Å². The van der Waals surface area contributed by atoms with E-state index < -0.39 is 0 Å². The maximum Gasteiger partial charge on any atom is 0.245 e. The molecule has 0 aromatic carbocycles. The van der Waals surface area contributed by atoms with E-state index in [1.165, 1.54) is 12.8 Å². The van der Waals surface area contributed by atoms with Crippen LogP contribution in [0, 0.1) is 19.8 Å². The molecule has 2 heterocycles.